The first kappa shape index (κ1) is 37.2. The molecule has 0 atom stereocenters. The van der Waals surface area contributed by atoms with Crippen molar-refractivity contribution in [3.05, 3.63) is 88.2 Å². The largest absolute Gasteiger partial charge is 0.444 e. The number of alkyl carbamates (subject to hydrolysis) is 1. The summed E-state index contributed by atoms with van der Waals surface area (Å²) in [5, 5.41) is 22.2. The molecule has 1 saturated heterocycles. The van der Waals surface area contributed by atoms with Gasteiger partial charge in [-0.2, -0.15) is 5.10 Å². The lowest BCUT2D eigenvalue weighted by Gasteiger charge is -2.38. The molecule has 14 nitrogen and oxygen atoms in total. The highest BCUT2D eigenvalue weighted by Crippen LogP contribution is 2.26. The van der Waals surface area contributed by atoms with Crippen LogP contribution in [0.25, 0.3) is 10.9 Å². The van der Waals surface area contributed by atoms with E-state index in [-0.39, 0.29) is 56.4 Å². The third-order valence-electron chi connectivity index (χ3n) is 8.63. The molecule has 0 spiro atoms. The van der Waals surface area contributed by atoms with Gasteiger partial charge in [0.05, 0.1) is 47.2 Å². The van der Waals surface area contributed by atoms with Crippen molar-refractivity contribution in [2.45, 2.75) is 70.7 Å². The normalized spacial score (nSPS) is 14.5. The van der Waals surface area contributed by atoms with E-state index in [4.69, 9.17) is 9.84 Å². The lowest BCUT2D eigenvalue weighted by atomic mass is 9.90. The monoisotopic (exact) mass is 700 g/mol. The molecule has 0 bridgehead atoms. The number of ether oxygens (including phenoxy) is 1. The number of hydrogen-bond acceptors (Lipinski definition) is 9. The summed E-state index contributed by atoms with van der Waals surface area (Å²) in [6.45, 7) is 7.22. The van der Waals surface area contributed by atoms with Crippen LogP contribution in [0.2, 0.25) is 0 Å². The van der Waals surface area contributed by atoms with Crippen molar-refractivity contribution < 1.29 is 24.2 Å². The topological polar surface area (TPSA) is 164 Å². The molecule has 0 unspecified atom stereocenters. The van der Waals surface area contributed by atoms with Gasteiger partial charge in [0.2, 0.25) is 5.91 Å². The summed E-state index contributed by atoms with van der Waals surface area (Å²) < 4.78 is 8.37. The first-order valence-electron chi connectivity index (χ1n) is 17.2. The minimum atomic E-state index is -1.22. The Morgan fingerprint density at radius 3 is 2.47 bits per heavy atom. The number of benzene rings is 2. The summed E-state index contributed by atoms with van der Waals surface area (Å²) in [6.07, 6.45) is 3.93. The molecule has 2 aromatic heterocycles. The molecule has 3 amide bonds. The van der Waals surface area contributed by atoms with Gasteiger partial charge < -0.3 is 30.3 Å². The smallest absolute Gasteiger partial charge is 0.407 e. The summed E-state index contributed by atoms with van der Waals surface area (Å²) >= 11 is 0. The van der Waals surface area contributed by atoms with E-state index in [1.807, 2.05) is 49.3 Å². The fraction of sp³-hybridized carbons (Fsp3) is 0.459. The highest BCUT2D eigenvalue weighted by molar-refractivity contribution is 5.95. The summed E-state index contributed by atoms with van der Waals surface area (Å²) in [4.78, 5) is 59.8. The lowest BCUT2D eigenvalue weighted by molar-refractivity contribution is -0.116. The van der Waals surface area contributed by atoms with Gasteiger partial charge in [-0.05, 0) is 71.5 Å². The van der Waals surface area contributed by atoms with Gasteiger partial charge in [-0.3, -0.25) is 23.6 Å². The average molecular weight is 701 g/mol. The van der Waals surface area contributed by atoms with Crippen LogP contribution >= 0.6 is 0 Å². The number of rotatable bonds is 12. The standard InChI is InChI=1S/C37H48N8O6/c1-36(2,3)51-35(49)38-16-20-45-23-29(31(41-45)21-26-9-7-6-8-10-26)34(48)43-18-14-37(50,15-19-43)24-44-25-39-30-22-27(11-12-28(30)33(44)47)40-32(46)13-17-42(4)5/h6-12,22-23,25,50H,13-21,24H2,1-5H3,(H,38,49)(H,40,46). The van der Waals surface area contributed by atoms with Crippen molar-refractivity contribution in [1.82, 2.24) is 34.4 Å². The van der Waals surface area contributed by atoms with E-state index in [2.05, 4.69) is 15.6 Å². The van der Waals surface area contributed by atoms with E-state index >= 15 is 0 Å². The number of anilines is 1. The van der Waals surface area contributed by atoms with E-state index in [9.17, 15) is 24.3 Å². The maximum atomic E-state index is 13.9. The second-order valence-electron chi connectivity index (χ2n) is 14.4. The number of nitrogens with zero attached hydrogens (tertiary/aromatic N) is 6. The molecule has 3 heterocycles. The number of aliphatic hydroxyl groups is 1. The second-order valence-corrected chi connectivity index (χ2v) is 14.4. The maximum Gasteiger partial charge on any atom is 0.407 e. The van der Waals surface area contributed by atoms with Gasteiger partial charge in [0, 0.05) is 50.9 Å². The summed E-state index contributed by atoms with van der Waals surface area (Å²) in [5.74, 6) is -0.319. The summed E-state index contributed by atoms with van der Waals surface area (Å²) in [5.41, 5.74) is 0.963. The van der Waals surface area contributed by atoms with Gasteiger partial charge in [-0.15, -0.1) is 0 Å². The van der Waals surface area contributed by atoms with E-state index in [1.54, 1.807) is 54.7 Å². The molecule has 272 valence electrons. The number of aromatic nitrogens is 4. The molecule has 2 aromatic carbocycles. The van der Waals surface area contributed by atoms with Gasteiger partial charge >= 0.3 is 6.09 Å². The van der Waals surface area contributed by atoms with E-state index in [0.717, 1.165) is 5.56 Å². The Morgan fingerprint density at radius 1 is 1.06 bits per heavy atom. The molecule has 5 rings (SSSR count). The summed E-state index contributed by atoms with van der Waals surface area (Å²) in [7, 11) is 3.80. The lowest BCUT2D eigenvalue weighted by Crippen LogP contribution is -2.49. The molecule has 51 heavy (non-hydrogen) atoms. The van der Waals surface area contributed by atoms with Crippen molar-refractivity contribution in [1.29, 1.82) is 0 Å². The zero-order valence-corrected chi connectivity index (χ0v) is 30.0. The van der Waals surface area contributed by atoms with Crippen LogP contribution in [-0.2, 0) is 29.0 Å². The fourth-order valence-corrected chi connectivity index (χ4v) is 5.93. The average Bonchev–Trinajstić information content (AvgIpc) is 3.46. The quantitative estimate of drug-likeness (QED) is 0.201. The number of amides is 3. The third-order valence-corrected chi connectivity index (χ3v) is 8.63. The Kier molecular flexibility index (Phi) is 11.6. The third kappa shape index (κ3) is 10.2. The Balaban J connectivity index is 1.23. The predicted molar refractivity (Wildman–Crippen MR) is 194 cm³/mol. The van der Waals surface area contributed by atoms with E-state index < -0.39 is 17.3 Å². The molecular formula is C37H48N8O6. The number of likely N-dealkylation sites (tertiary alicyclic amines) is 1. The van der Waals surface area contributed by atoms with Crippen LogP contribution in [0.3, 0.4) is 0 Å². The zero-order valence-electron chi connectivity index (χ0n) is 30.0. The molecule has 3 N–H and O–H groups in total. The predicted octanol–water partition coefficient (Wildman–Crippen LogP) is 3.27. The number of carbonyl (C=O) groups is 3. The SMILES string of the molecule is CN(C)CCC(=O)Nc1ccc2c(=O)n(CC3(O)CCN(C(=O)c4cn(CCNC(=O)OC(C)(C)C)nc4Cc4ccccc4)CC3)cnc2c1. The van der Waals surface area contributed by atoms with Crippen LogP contribution in [-0.4, -0.2) is 104 Å². The van der Waals surface area contributed by atoms with Gasteiger partial charge in [-0.25, -0.2) is 9.78 Å². The van der Waals surface area contributed by atoms with Gasteiger partial charge in [0.1, 0.15) is 5.60 Å². The first-order chi connectivity index (χ1) is 24.2. The van der Waals surface area contributed by atoms with Gasteiger partial charge in [0.25, 0.3) is 11.5 Å². The van der Waals surface area contributed by atoms with Crippen LogP contribution in [0.4, 0.5) is 10.5 Å². The molecule has 1 fully saturated rings. The van der Waals surface area contributed by atoms with Crippen LogP contribution in [0.15, 0.2) is 65.8 Å². The highest BCUT2D eigenvalue weighted by Gasteiger charge is 2.36. The molecule has 0 aliphatic carbocycles. The Labute approximate surface area is 297 Å². The van der Waals surface area contributed by atoms with Crippen molar-refractivity contribution in [3.8, 4) is 0 Å². The number of nitrogens with one attached hydrogen (secondary N) is 2. The highest BCUT2D eigenvalue weighted by atomic mass is 16.6. The molecule has 4 aromatic rings. The number of piperidine rings is 1. The number of fused-ring (bicyclic) bond motifs is 1. The molecule has 0 saturated carbocycles. The zero-order chi connectivity index (χ0) is 36.8. The van der Waals surface area contributed by atoms with Gasteiger partial charge in [-0.1, -0.05) is 30.3 Å². The molecule has 1 aliphatic heterocycles. The first-order valence-corrected chi connectivity index (χ1v) is 17.2. The maximum absolute atomic E-state index is 13.9. The van der Waals surface area contributed by atoms with Crippen LogP contribution in [0.1, 0.15) is 61.6 Å². The van der Waals surface area contributed by atoms with Crippen molar-refractivity contribution in [3.63, 3.8) is 0 Å². The molecule has 0 radical (unpaired) electrons. The Bertz CT molecular complexity index is 1910. The fourth-order valence-electron chi connectivity index (χ4n) is 5.93. The van der Waals surface area contributed by atoms with Crippen LogP contribution in [0, 0.1) is 0 Å². The van der Waals surface area contributed by atoms with Crippen LogP contribution in [0.5, 0.6) is 0 Å². The number of carbonyl (C=O) groups excluding carboxylic acids is 3. The minimum Gasteiger partial charge on any atom is -0.444 e. The van der Waals surface area contributed by atoms with Gasteiger partial charge in [0.15, 0.2) is 0 Å². The molecular weight excluding hydrogens is 652 g/mol. The summed E-state index contributed by atoms with van der Waals surface area (Å²) in [6, 6.07) is 14.7. The van der Waals surface area contributed by atoms with Crippen molar-refractivity contribution in [2.75, 3.05) is 45.6 Å². The van der Waals surface area contributed by atoms with E-state index in [0.29, 0.717) is 53.8 Å². The van der Waals surface area contributed by atoms with Crippen molar-refractivity contribution >= 4 is 34.5 Å². The second kappa shape index (κ2) is 15.9. The van der Waals surface area contributed by atoms with E-state index in [1.165, 1.54) is 10.9 Å². The Morgan fingerprint density at radius 2 is 1.78 bits per heavy atom. The van der Waals surface area contributed by atoms with Crippen LogP contribution < -0.4 is 16.2 Å². The van der Waals surface area contributed by atoms with Crippen molar-refractivity contribution in [2.24, 2.45) is 0 Å². The Hall–Kier alpha value is -5.08. The molecule has 1 aliphatic rings. The number of hydrogen-bond donors (Lipinski definition) is 3. The minimum absolute atomic E-state index is 0.0294. The molecule has 14 heteroatoms.